The number of aliphatic hydroxyl groups excluding tert-OH is 5. The van der Waals surface area contributed by atoms with Gasteiger partial charge in [-0.1, -0.05) is 13.8 Å². The summed E-state index contributed by atoms with van der Waals surface area (Å²) in [6.45, 7) is 3.88. The number of carbonyl (C=O) groups is 3. The predicted molar refractivity (Wildman–Crippen MR) is 131 cm³/mol. The summed E-state index contributed by atoms with van der Waals surface area (Å²) >= 11 is 0. The topological polar surface area (TPSA) is 193 Å². The smallest absolute Gasteiger partial charge is 0.333 e. The van der Waals surface area contributed by atoms with Gasteiger partial charge in [0, 0.05) is 23.1 Å². The van der Waals surface area contributed by atoms with E-state index < -0.39 is 42.5 Å². The van der Waals surface area contributed by atoms with Crippen molar-refractivity contribution in [3.05, 3.63) is 34.9 Å². The van der Waals surface area contributed by atoms with Gasteiger partial charge in [0.1, 0.15) is 18.3 Å². The zero-order valence-corrected chi connectivity index (χ0v) is 22.1. The van der Waals surface area contributed by atoms with Gasteiger partial charge in [0.2, 0.25) is 0 Å². The highest BCUT2D eigenvalue weighted by Crippen LogP contribution is 2.39. The lowest BCUT2D eigenvalue weighted by molar-refractivity contribution is -0.138. The van der Waals surface area contributed by atoms with Crippen LogP contribution in [0.2, 0.25) is 0 Å². The second-order valence-corrected chi connectivity index (χ2v) is 9.71. The molecule has 1 heterocycles. The molecule has 214 valence electrons. The number of esters is 3. The van der Waals surface area contributed by atoms with Gasteiger partial charge in [-0.2, -0.15) is 0 Å². The van der Waals surface area contributed by atoms with Gasteiger partial charge in [0.15, 0.2) is 0 Å². The van der Waals surface area contributed by atoms with Crippen molar-refractivity contribution in [3.63, 3.8) is 0 Å². The van der Waals surface area contributed by atoms with Crippen molar-refractivity contribution in [1.29, 1.82) is 0 Å². The van der Waals surface area contributed by atoms with Crippen molar-refractivity contribution in [2.75, 3.05) is 21.3 Å². The van der Waals surface area contributed by atoms with Crippen molar-refractivity contribution in [2.45, 2.75) is 75.8 Å². The van der Waals surface area contributed by atoms with Crippen molar-refractivity contribution < 1.29 is 58.9 Å². The average Bonchev–Trinajstić information content (AvgIpc) is 3.69. The minimum atomic E-state index is -1.23. The molecular weight excluding hydrogens is 504 g/mol. The Kier molecular flexibility index (Phi) is 11.6. The highest BCUT2D eigenvalue weighted by atomic mass is 16.6. The number of rotatable bonds is 3. The summed E-state index contributed by atoms with van der Waals surface area (Å²) in [5.74, 6) is -0.901. The fourth-order valence-electron chi connectivity index (χ4n) is 4.43. The van der Waals surface area contributed by atoms with Crippen LogP contribution in [0.25, 0.3) is 0 Å². The zero-order chi connectivity index (χ0) is 28.7. The summed E-state index contributed by atoms with van der Waals surface area (Å²) in [6, 6.07) is 0. The number of ether oxygens (including phenoxy) is 4. The first-order valence-corrected chi connectivity index (χ1v) is 12.3. The second-order valence-electron chi connectivity index (χ2n) is 9.71. The molecule has 9 atom stereocenters. The Bertz CT molecular complexity index is 904. The third-order valence-electron chi connectivity index (χ3n) is 6.76. The lowest BCUT2D eigenvalue weighted by Crippen LogP contribution is -2.40. The quantitative estimate of drug-likeness (QED) is 0.172. The molecule has 1 fully saturated rings. The molecule has 0 spiro atoms. The number of aliphatic hydroxyl groups is 5. The van der Waals surface area contributed by atoms with E-state index in [1.54, 1.807) is 6.92 Å². The van der Waals surface area contributed by atoms with E-state index >= 15 is 0 Å². The first-order valence-electron chi connectivity index (χ1n) is 12.3. The number of epoxide rings is 1. The number of hydrogen-bond donors (Lipinski definition) is 5. The lowest BCUT2D eigenvalue weighted by Gasteiger charge is -2.27. The Morgan fingerprint density at radius 2 is 1.11 bits per heavy atom. The van der Waals surface area contributed by atoms with Gasteiger partial charge in [-0.25, -0.2) is 14.4 Å². The van der Waals surface area contributed by atoms with Crippen LogP contribution in [0.5, 0.6) is 0 Å². The fourth-order valence-corrected chi connectivity index (χ4v) is 4.43. The van der Waals surface area contributed by atoms with Gasteiger partial charge >= 0.3 is 17.9 Å². The van der Waals surface area contributed by atoms with Gasteiger partial charge in [-0.3, -0.25) is 0 Å². The maximum absolute atomic E-state index is 11.1. The summed E-state index contributed by atoms with van der Waals surface area (Å²) in [6.07, 6.45) is 0.924. The van der Waals surface area contributed by atoms with Gasteiger partial charge in [-0.05, 0) is 42.9 Å². The Morgan fingerprint density at radius 1 is 0.684 bits per heavy atom. The van der Waals surface area contributed by atoms with Gasteiger partial charge < -0.3 is 44.5 Å². The van der Waals surface area contributed by atoms with Gasteiger partial charge in [0.25, 0.3) is 0 Å². The van der Waals surface area contributed by atoms with Crippen molar-refractivity contribution in [1.82, 2.24) is 0 Å². The van der Waals surface area contributed by atoms with Crippen LogP contribution in [0.3, 0.4) is 0 Å². The van der Waals surface area contributed by atoms with Crippen LogP contribution >= 0.6 is 0 Å². The Labute approximate surface area is 221 Å². The van der Waals surface area contributed by atoms with E-state index in [1.165, 1.54) is 33.5 Å². The van der Waals surface area contributed by atoms with Crippen LogP contribution in [0, 0.1) is 11.8 Å². The number of hydrogen-bond acceptors (Lipinski definition) is 12. The third-order valence-corrected chi connectivity index (χ3v) is 6.76. The average molecular weight is 543 g/mol. The SMILES string of the molecule is COC(=O)C1=C[C@H](O)[C@@H](O)[C@H](C)C1.COC(=O)C1=C[C@H](O)[C@@H](O)[C@H](O)C1.COC(=O)C1=C[C@H]2O[C@H]2[C@H](C)C1. The second kappa shape index (κ2) is 14.0. The van der Waals surface area contributed by atoms with E-state index in [0.29, 0.717) is 24.0 Å². The summed E-state index contributed by atoms with van der Waals surface area (Å²) < 4.78 is 18.9. The third kappa shape index (κ3) is 8.19. The number of methoxy groups -OCH3 is 3. The Balaban J connectivity index is 0.000000200. The van der Waals surface area contributed by atoms with Crippen molar-refractivity contribution in [2.24, 2.45) is 11.8 Å². The normalized spacial score (nSPS) is 35.2. The highest BCUT2D eigenvalue weighted by Gasteiger charge is 2.45. The standard InChI is InChI=1S/C9H14O4.C9H12O3.C8H12O5/c1-5-3-6(9(12)13-2)4-7(10)8(5)11;1-5-3-6(9(10)11-2)4-7-8(5)12-7;1-13-8(12)4-2-5(9)7(11)6(10)3-4/h4-5,7-8,10-11H,3H2,1-2H3;4-5,7-8H,3H2,1-2H3;2,5-7,9-11H,3H2,1H3/t5-,7+,8+;5-,7-,8+;5-,6+,7+/m110/s1. The van der Waals surface area contributed by atoms with E-state index in [-0.39, 0.29) is 30.0 Å². The molecule has 0 unspecified atom stereocenters. The summed E-state index contributed by atoms with van der Waals surface area (Å²) in [7, 11) is 3.92. The molecule has 5 N–H and O–H groups in total. The maximum atomic E-state index is 11.1. The molecule has 0 aromatic rings. The van der Waals surface area contributed by atoms with Crippen LogP contribution < -0.4 is 0 Å². The van der Waals surface area contributed by atoms with E-state index in [0.717, 1.165) is 12.0 Å². The molecule has 0 radical (unpaired) electrons. The molecule has 1 aliphatic heterocycles. The zero-order valence-electron chi connectivity index (χ0n) is 22.1. The molecule has 12 heteroatoms. The van der Waals surface area contributed by atoms with E-state index in [9.17, 15) is 29.7 Å². The summed E-state index contributed by atoms with van der Waals surface area (Å²) in [5.41, 5.74) is 1.39. The lowest BCUT2D eigenvalue weighted by atomic mass is 9.86. The molecule has 12 nitrogen and oxygen atoms in total. The number of carbonyl (C=O) groups excluding carboxylic acids is 3. The Morgan fingerprint density at radius 3 is 1.53 bits per heavy atom. The minimum Gasteiger partial charge on any atom is -0.466 e. The monoisotopic (exact) mass is 542 g/mol. The molecular formula is C26H38O12. The Hall–Kier alpha value is -2.61. The molecule has 1 saturated heterocycles. The van der Waals surface area contributed by atoms with Crippen LogP contribution in [-0.2, 0) is 33.3 Å². The van der Waals surface area contributed by atoms with Gasteiger partial charge in [0.05, 0.1) is 45.7 Å². The molecule has 3 aliphatic carbocycles. The minimum absolute atomic E-state index is 0.00486. The molecule has 4 aliphatic rings. The molecule has 4 rings (SSSR count). The largest absolute Gasteiger partial charge is 0.466 e. The van der Waals surface area contributed by atoms with E-state index in [2.05, 4.69) is 21.1 Å². The van der Waals surface area contributed by atoms with Crippen LogP contribution in [0.4, 0.5) is 0 Å². The molecule has 38 heavy (non-hydrogen) atoms. The molecule has 0 aromatic heterocycles. The van der Waals surface area contributed by atoms with Crippen LogP contribution in [-0.4, -0.2) is 107 Å². The van der Waals surface area contributed by atoms with Gasteiger partial charge in [-0.15, -0.1) is 0 Å². The molecule has 0 bridgehead atoms. The predicted octanol–water partition coefficient (Wildman–Crippen LogP) is -0.687. The van der Waals surface area contributed by atoms with Crippen molar-refractivity contribution >= 4 is 17.9 Å². The first-order chi connectivity index (χ1) is 17.8. The summed E-state index contributed by atoms with van der Waals surface area (Å²) in [4.78, 5) is 33.2. The van der Waals surface area contributed by atoms with Crippen LogP contribution in [0.15, 0.2) is 34.9 Å². The van der Waals surface area contributed by atoms with Crippen molar-refractivity contribution in [3.8, 4) is 0 Å². The first kappa shape index (κ1) is 31.6. The molecule has 0 aromatic carbocycles. The van der Waals surface area contributed by atoms with Crippen LogP contribution in [0.1, 0.15) is 33.1 Å². The fraction of sp³-hybridized carbons (Fsp3) is 0.654. The molecule has 0 amide bonds. The number of fused-ring (bicyclic) bond motifs is 1. The summed E-state index contributed by atoms with van der Waals surface area (Å²) in [5, 5.41) is 46.2. The highest BCUT2D eigenvalue weighted by molar-refractivity contribution is 5.89. The molecule has 0 saturated carbocycles. The maximum Gasteiger partial charge on any atom is 0.333 e. The van der Waals surface area contributed by atoms with E-state index in [1.807, 2.05) is 6.08 Å². The van der Waals surface area contributed by atoms with E-state index in [4.69, 9.17) is 14.9 Å².